The summed E-state index contributed by atoms with van der Waals surface area (Å²) < 4.78 is 0. The predicted molar refractivity (Wildman–Crippen MR) is 128 cm³/mol. The van der Waals surface area contributed by atoms with Gasteiger partial charge in [-0.25, -0.2) is 0 Å². The van der Waals surface area contributed by atoms with Gasteiger partial charge in [0, 0.05) is 49.6 Å². The van der Waals surface area contributed by atoms with Crippen LogP contribution in [0, 0.1) is 27.7 Å². The number of aryl methyl sites for hydroxylation is 4. The van der Waals surface area contributed by atoms with Gasteiger partial charge in [0.15, 0.2) is 0 Å². The molecule has 174 valence electrons. The van der Waals surface area contributed by atoms with Crippen molar-refractivity contribution in [1.82, 2.24) is 19.9 Å². The van der Waals surface area contributed by atoms with Crippen molar-refractivity contribution in [1.29, 1.82) is 0 Å². The summed E-state index contributed by atoms with van der Waals surface area (Å²) in [6, 6.07) is 15.8. The monoisotopic (exact) mass is 536 g/mol. The average Bonchev–Trinajstić information content (AvgIpc) is 2.78. The van der Waals surface area contributed by atoms with Crippen LogP contribution in [0.4, 0.5) is 0 Å². The van der Waals surface area contributed by atoms with Crippen molar-refractivity contribution < 1.29 is 25.3 Å². The molecule has 4 aromatic heterocycles. The molecule has 0 atom stereocenters. The van der Waals surface area contributed by atoms with Gasteiger partial charge in [0.1, 0.15) is 0 Å². The Morgan fingerprint density at radius 3 is 0.750 bits per heavy atom. The number of hydrogen-bond donors (Lipinski definition) is 0. The molecule has 4 heterocycles. The Labute approximate surface area is 212 Å². The Bertz CT molecular complexity index is 722. The summed E-state index contributed by atoms with van der Waals surface area (Å²) in [5.74, 6) is 0. The van der Waals surface area contributed by atoms with Crippen molar-refractivity contribution in [3.05, 3.63) is 120 Å². The first-order valence-electron chi connectivity index (χ1n) is 9.29. The molecule has 0 amide bonds. The Hall–Kier alpha value is -2.02. The molecule has 0 spiro atoms. The third kappa shape index (κ3) is 22.7. The molecule has 0 unspecified atom stereocenters. The summed E-state index contributed by atoms with van der Waals surface area (Å²) in [6.07, 6.45) is 14.4. The van der Waals surface area contributed by atoms with E-state index in [1.807, 2.05) is 101 Å². The maximum atomic E-state index is 4.73. The molecule has 4 nitrogen and oxygen atoms in total. The van der Waals surface area contributed by atoms with Crippen molar-refractivity contribution in [2.45, 2.75) is 27.7 Å². The molecule has 0 aliphatic rings. The fourth-order valence-electron chi connectivity index (χ4n) is 1.79. The van der Waals surface area contributed by atoms with E-state index in [4.69, 9.17) is 20.3 Å². The Morgan fingerprint density at radius 2 is 0.688 bits per heavy atom. The molecule has 0 saturated heterocycles. The van der Waals surface area contributed by atoms with Gasteiger partial charge < -0.3 is 12.4 Å². The SMILES string of the molecule is Cc1cccnc1.Cc1cccnc1.Cc1cccnc1.Cc1cccnc1.[Cl-].[Cl][Co+][Cl]. The summed E-state index contributed by atoms with van der Waals surface area (Å²) in [7, 11) is 9.47. The second-order valence-electron chi connectivity index (χ2n) is 6.17. The predicted octanol–water partition coefficient (Wildman–Crippen LogP) is 3.94. The third-order valence-corrected chi connectivity index (χ3v) is 3.24. The Kier molecular flexibility index (Phi) is 23.8. The van der Waals surface area contributed by atoms with Crippen LogP contribution in [0.15, 0.2) is 98.1 Å². The van der Waals surface area contributed by atoms with Crippen LogP contribution in [-0.4, -0.2) is 19.9 Å². The molecule has 32 heavy (non-hydrogen) atoms. The molecule has 0 aromatic carbocycles. The van der Waals surface area contributed by atoms with E-state index in [0.29, 0.717) is 12.9 Å². The molecule has 0 aliphatic heterocycles. The topological polar surface area (TPSA) is 51.6 Å². The van der Waals surface area contributed by atoms with Gasteiger partial charge in [-0.05, 0) is 74.2 Å². The summed E-state index contributed by atoms with van der Waals surface area (Å²) in [5, 5.41) is 0. The molecule has 8 heteroatoms. The number of nitrogens with zero attached hydrogens (tertiary/aromatic N) is 4. The first-order chi connectivity index (χ1) is 15.0. The van der Waals surface area contributed by atoms with E-state index in [-0.39, 0.29) is 12.4 Å². The molecule has 0 radical (unpaired) electrons. The summed E-state index contributed by atoms with van der Waals surface area (Å²) in [5.41, 5.74) is 4.84. The first kappa shape index (κ1) is 32.2. The van der Waals surface area contributed by atoms with Crippen LogP contribution in [0.25, 0.3) is 0 Å². The molecule has 0 saturated carbocycles. The number of rotatable bonds is 0. The molecule has 4 aromatic rings. The van der Waals surface area contributed by atoms with Crippen LogP contribution in [-0.2, 0) is 12.9 Å². The maximum absolute atomic E-state index is 4.73. The second kappa shape index (κ2) is 23.6. The molecule has 4 rings (SSSR count). The van der Waals surface area contributed by atoms with E-state index < -0.39 is 0 Å². The normalized spacial score (nSPS) is 8.31. The van der Waals surface area contributed by atoms with E-state index in [9.17, 15) is 0 Å². The van der Waals surface area contributed by atoms with Gasteiger partial charge >= 0.3 is 33.2 Å². The van der Waals surface area contributed by atoms with E-state index in [1.54, 1.807) is 24.8 Å². The zero-order chi connectivity index (χ0) is 23.2. The van der Waals surface area contributed by atoms with E-state index in [1.165, 1.54) is 22.3 Å². The fraction of sp³-hybridized carbons (Fsp3) is 0.167. The molecular weight excluding hydrogens is 510 g/mol. The van der Waals surface area contributed by atoms with Gasteiger partial charge in [0.25, 0.3) is 0 Å². The molecule has 0 bridgehead atoms. The van der Waals surface area contributed by atoms with Crippen LogP contribution in [0.1, 0.15) is 22.3 Å². The average molecular weight is 538 g/mol. The second-order valence-corrected chi connectivity index (χ2v) is 7.89. The van der Waals surface area contributed by atoms with Crippen LogP contribution < -0.4 is 12.4 Å². The Morgan fingerprint density at radius 1 is 0.500 bits per heavy atom. The fourth-order valence-corrected chi connectivity index (χ4v) is 1.79. The summed E-state index contributed by atoms with van der Waals surface area (Å²) in [6.45, 7) is 8.08. The van der Waals surface area contributed by atoms with Gasteiger partial charge in [0.05, 0.1) is 0 Å². The van der Waals surface area contributed by atoms with Crippen molar-refractivity contribution >= 4 is 20.3 Å². The summed E-state index contributed by atoms with van der Waals surface area (Å²) >= 11 is 0.382. The van der Waals surface area contributed by atoms with Crippen molar-refractivity contribution in [3.8, 4) is 0 Å². The number of pyridine rings is 4. The summed E-state index contributed by atoms with van der Waals surface area (Å²) in [4.78, 5) is 15.5. The van der Waals surface area contributed by atoms with Gasteiger partial charge in [-0.15, -0.1) is 0 Å². The van der Waals surface area contributed by atoms with Crippen molar-refractivity contribution in [2.75, 3.05) is 0 Å². The van der Waals surface area contributed by atoms with Crippen LogP contribution in [0.5, 0.6) is 0 Å². The number of hydrogen-bond acceptors (Lipinski definition) is 4. The molecule has 0 N–H and O–H groups in total. The minimum absolute atomic E-state index is 0. The molecular formula is C24H28Cl3CoN4. The van der Waals surface area contributed by atoms with Crippen LogP contribution >= 0.6 is 20.3 Å². The van der Waals surface area contributed by atoms with Gasteiger partial charge in [-0.1, -0.05) is 24.3 Å². The van der Waals surface area contributed by atoms with E-state index in [2.05, 4.69) is 19.9 Å². The Balaban J connectivity index is 0. The van der Waals surface area contributed by atoms with Crippen LogP contribution in [0.2, 0.25) is 0 Å². The zero-order valence-electron chi connectivity index (χ0n) is 18.5. The van der Waals surface area contributed by atoms with Gasteiger partial charge in [0.2, 0.25) is 0 Å². The molecule has 0 aliphatic carbocycles. The quantitative estimate of drug-likeness (QED) is 0.341. The van der Waals surface area contributed by atoms with E-state index in [0.717, 1.165) is 0 Å². The van der Waals surface area contributed by atoms with Crippen molar-refractivity contribution in [3.63, 3.8) is 0 Å². The first-order valence-corrected chi connectivity index (χ1v) is 12.2. The molecule has 0 fully saturated rings. The van der Waals surface area contributed by atoms with Crippen molar-refractivity contribution in [2.24, 2.45) is 0 Å². The van der Waals surface area contributed by atoms with Gasteiger partial charge in [-0.2, -0.15) is 0 Å². The standard InChI is InChI=1S/4C6H7N.3ClH.Co/c4*1-6-3-2-4-7-5-6;;;;/h4*2-5H,1H3;3*1H;/q;;;;;;;+3/p-3. The van der Waals surface area contributed by atoms with Gasteiger partial charge in [-0.3, -0.25) is 19.9 Å². The number of aromatic nitrogens is 4. The van der Waals surface area contributed by atoms with E-state index >= 15 is 0 Å². The minimum atomic E-state index is 0. The van der Waals surface area contributed by atoms with Crippen LogP contribution in [0.3, 0.4) is 0 Å². The zero-order valence-corrected chi connectivity index (χ0v) is 21.8. The third-order valence-electron chi connectivity index (χ3n) is 3.24. The number of halogens is 3.